The molecule has 0 heterocycles. The topological polar surface area (TPSA) is 242 Å². The van der Waals surface area contributed by atoms with Crippen molar-refractivity contribution in [1.29, 1.82) is 0 Å². The highest BCUT2D eigenvalue weighted by molar-refractivity contribution is 5.89. The van der Waals surface area contributed by atoms with Crippen LogP contribution >= 0.6 is 0 Å². The van der Waals surface area contributed by atoms with Gasteiger partial charge in [0.25, 0.3) is 0 Å². The number of carboxylic acids is 4. The molecule has 0 rings (SSSR count). The molecule has 0 aromatic rings. The zero-order chi connectivity index (χ0) is 20.6. The van der Waals surface area contributed by atoms with Crippen LogP contribution in [0.5, 0.6) is 0 Å². The molecule has 0 bridgehead atoms. The second-order valence-electron chi connectivity index (χ2n) is 4.61. The predicted molar refractivity (Wildman–Crippen MR) is 71.6 cm³/mol. The Morgan fingerprint density at radius 2 is 0.846 bits per heavy atom. The van der Waals surface area contributed by atoms with Crippen molar-refractivity contribution in [2.24, 2.45) is 0 Å². The van der Waals surface area contributed by atoms with E-state index >= 15 is 0 Å². The summed E-state index contributed by atoms with van der Waals surface area (Å²) in [5.74, 6) is -11.1. The van der Waals surface area contributed by atoms with E-state index in [1.54, 1.807) is 0 Å². The summed E-state index contributed by atoms with van der Waals surface area (Å²) in [6, 6.07) is 0. The molecule has 0 aromatic carbocycles. The van der Waals surface area contributed by atoms with Crippen molar-refractivity contribution in [3.63, 3.8) is 0 Å². The van der Waals surface area contributed by atoms with Crippen LogP contribution in [0, 0.1) is 0 Å². The second kappa shape index (κ2) is 9.90. The Kier molecular flexibility index (Phi) is 8.66. The molecule has 146 valence electrons. The Morgan fingerprint density at radius 3 is 1.04 bits per heavy atom. The lowest BCUT2D eigenvalue weighted by atomic mass is 10.2. The predicted octanol–water partition coefficient (Wildman–Crippen LogP) is -3.35. The van der Waals surface area contributed by atoms with Gasteiger partial charge in [-0.1, -0.05) is 0 Å². The normalized spacial score (nSPS) is 15.0. The number of rotatable bonds is 11. The van der Waals surface area contributed by atoms with Gasteiger partial charge in [-0.3, -0.25) is 9.59 Å². The molecule has 14 nitrogen and oxygen atoms in total. The summed E-state index contributed by atoms with van der Waals surface area (Å²) in [7, 11) is 0. The molecule has 0 aliphatic rings. The fourth-order valence-electron chi connectivity index (χ4n) is 1.35. The number of carbonyl (C=O) groups is 6. The molecular weight excluding hydrogens is 368 g/mol. The number of ether oxygens (including phenoxy) is 2. The van der Waals surface area contributed by atoms with Crippen LogP contribution in [0.2, 0.25) is 0 Å². The largest absolute Gasteiger partial charge is 0.479 e. The number of carbonyl (C=O) groups excluding carboxylic acids is 2. The van der Waals surface area contributed by atoms with Gasteiger partial charge in [0, 0.05) is 0 Å². The highest BCUT2D eigenvalue weighted by Gasteiger charge is 2.41. The summed E-state index contributed by atoms with van der Waals surface area (Å²) < 4.78 is 8.42. The number of hydrogen-bond donors (Lipinski definition) is 6. The lowest BCUT2D eigenvalue weighted by Crippen LogP contribution is -2.46. The van der Waals surface area contributed by atoms with E-state index in [0.29, 0.717) is 0 Å². The van der Waals surface area contributed by atoms with Gasteiger partial charge in [0.05, 0.1) is 12.8 Å². The molecule has 0 fully saturated rings. The lowest BCUT2D eigenvalue weighted by molar-refractivity contribution is -0.189. The number of esters is 2. The highest BCUT2D eigenvalue weighted by atomic mass is 16.6. The first-order chi connectivity index (χ1) is 11.9. The van der Waals surface area contributed by atoms with Crippen LogP contribution in [-0.4, -0.2) is 90.9 Å². The molecular formula is C12H14O14. The van der Waals surface area contributed by atoms with E-state index < -0.39 is 73.1 Å². The van der Waals surface area contributed by atoms with Crippen LogP contribution in [0.1, 0.15) is 12.8 Å². The smallest absolute Gasteiger partial charge is 0.349 e. The number of aliphatic hydroxyl groups is 2. The van der Waals surface area contributed by atoms with E-state index in [1.165, 1.54) is 0 Å². The molecule has 4 unspecified atom stereocenters. The van der Waals surface area contributed by atoms with Crippen LogP contribution < -0.4 is 0 Å². The van der Waals surface area contributed by atoms with Gasteiger partial charge in [-0.05, 0) is 0 Å². The van der Waals surface area contributed by atoms with Gasteiger partial charge in [-0.2, -0.15) is 0 Å². The third-order valence-corrected chi connectivity index (χ3v) is 2.57. The van der Waals surface area contributed by atoms with Crippen molar-refractivity contribution < 1.29 is 68.9 Å². The first-order valence-corrected chi connectivity index (χ1v) is 6.53. The fraction of sp³-hybridized carbons (Fsp3) is 0.500. The minimum Gasteiger partial charge on any atom is -0.479 e. The number of hydrogen-bond acceptors (Lipinski definition) is 10. The average Bonchev–Trinajstić information content (AvgIpc) is 2.49. The van der Waals surface area contributed by atoms with E-state index in [-0.39, 0.29) is 0 Å². The molecule has 26 heavy (non-hydrogen) atoms. The summed E-state index contributed by atoms with van der Waals surface area (Å²) in [6.07, 6.45) is -12.2. The molecule has 0 saturated carbocycles. The molecule has 14 heteroatoms. The molecule has 0 aliphatic carbocycles. The Hall–Kier alpha value is -3.26. The summed E-state index contributed by atoms with van der Waals surface area (Å²) in [6.45, 7) is 0. The summed E-state index contributed by atoms with van der Waals surface area (Å²) in [5, 5.41) is 52.6. The van der Waals surface area contributed by atoms with E-state index in [0.717, 1.165) is 0 Å². The van der Waals surface area contributed by atoms with E-state index in [1.807, 2.05) is 0 Å². The quantitative estimate of drug-likeness (QED) is 0.191. The van der Waals surface area contributed by atoms with E-state index in [9.17, 15) is 28.8 Å². The Labute approximate surface area is 143 Å². The maximum absolute atomic E-state index is 11.4. The molecule has 4 atom stereocenters. The van der Waals surface area contributed by atoms with Crippen molar-refractivity contribution >= 4 is 35.8 Å². The lowest BCUT2D eigenvalue weighted by Gasteiger charge is -2.21. The second-order valence-corrected chi connectivity index (χ2v) is 4.61. The van der Waals surface area contributed by atoms with Crippen LogP contribution in [0.15, 0.2) is 0 Å². The van der Waals surface area contributed by atoms with Gasteiger partial charge in [-0.25, -0.2) is 19.2 Å². The van der Waals surface area contributed by atoms with Gasteiger partial charge in [0.2, 0.25) is 12.2 Å². The standard InChI is InChI=1S/C12H14O14/c13-3(9(17)18)1-5(15)25-7(11(21)22)8(12(23)24)26-6(16)2-4(14)10(19)20/h3-4,7-8,13-14H,1-2H2,(H,17,18)(H,19,20)(H,21,22)(H,23,24). The fourth-order valence-corrected chi connectivity index (χ4v) is 1.35. The molecule has 0 saturated heterocycles. The zero-order valence-electron chi connectivity index (χ0n) is 12.7. The minimum absolute atomic E-state index is 1.23. The number of aliphatic hydroxyl groups excluding tert-OH is 2. The van der Waals surface area contributed by atoms with Crippen molar-refractivity contribution in [3.05, 3.63) is 0 Å². The van der Waals surface area contributed by atoms with Crippen LogP contribution in [0.3, 0.4) is 0 Å². The first-order valence-electron chi connectivity index (χ1n) is 6.53. The van der Waals surface area contributed by atoms with Gasteiger partial charge in [0.1, 0.15) is 0 Å². The molecule has 0 amide bonds. The maximum atomic E-state index is 11.4. The van der Waals surface area contributed by atoms with Crippen molar-refractivity contribution in [2.45, 2.75) is 37.3 Å². The first kappa shape index (κ1) is 22.7. The Balaban J connectivity index is 5.18. The van der Waals surface area contributed by atoms with E-state index in [2.05, 4.69) is 9.47 Å². The molecule has 0 spiro atoms. The van der Waals surface area contributed by atoms with Gasteiger partial charge in [-0.15, -0.1) is 0 Å². The van der Waals surface area contributed by atoms with Crippen molar-refractivity contribution in [2.75, 3.05) is 0 Å². The third-order valence-electron chi connectivity index (χ3n) is 2.57. The van der Waals surface area contributed by atoms with Crippen LogP contribution in [0.25, 0.3) is 0 Å². The summed E-state index contributed by atoms with van der Waals surface area (Å²) in [5.41, 5.74) is 0. The van der Waals surface area contributed by atoms with Gasteiger partial charge < -0.3 is 40.1 Å². The molecule has 0 aromatic heterocycles. The summed E-state index contributed by atoms with van der Waals surface area (Å²) in [4.78, 5) is 65.7. The molecule has 0 radical (unpaired) electrons. The number of carboxylic acid groups (broad SMARTS) is 4. The van der Waals surface area contributed by atoms with Gasteiger partial charge >= 0.3 is 35.8 Å². The minimum atomic E-state index is -2.63. The van der Waals surface area contributed by atoms with Crippen molar-refractivity contribution in [3.8, 4) is 0 Å². The molecule has 6 N–H and O–H groups in total. The Morgan fingerprint density at radius 1 is 0.577 bits per heavy atom. The zero-order valence-corrected chi connectivity index (χ0v) is 12.7. The van der Waals surface area contributed by atoms with Crippen molar-refractivity contribution in [1.82, 2.24) is 0 Å². The van der Waals surface area contributed by atoms with Crippen LogP contribution in [-0.2, 0) is 38.2 Å². The summed E-state index contributed by atoms with van der Waals surface area (Å²) >= 11 is 0. The highest BCUT2D eigenvalue weighted by Crippen LogP contribution is 2.11. The van der Waals surface area contributed by atoms with Gasteiger partial charge in [0.15, 0.2) is 12.2 Å². The molecule has 0 aliphatic heterocycles. The SMILES string of the molecule is O=C(CC(O)C(=O)O)OC(C(=O)O)C(OC(=O)CC(O)C(=O)O)C(=O)O. The Bertz CT molecular complexity index is 543. The third kappa shape index (κ3) is 7.54. The number of aliphatic carboxylic acids is 4. The van der Waals surface area contributed by atoms with Crippen LogP contribution in [0.4, 0.5) is 0 Å². The monoisotopic (exact) mass is 382 g/mol. The van der Waals surface area contributed by atoms with E-state index in [4.69, 9.17) is 30.6 Å². The average molecular weight is 382 g/mol. The maximum Gasteiger partial charge on any atom is 0.349 e.